The SMILES string of the molecule is CNc1ncnc2c1ncn2[C@@H]1O[C@H](COP(=O)([O-])OP(=O)([O-])OP(=O)([O-])OC[C@H]2O[C@@H]([n+]3cn(C)c4c(=O)[nH]c(N)nc43)C(O)[C@H]2SC)C(OP(=O)([O-])OC[C@H]2O[C@@H](n3cnc4c(=O)[nH]c(N)nc43)[C@@H](O)C2O)[C@@H]1OC. The number of hydrogen-bond acceptors (Lipinski definition) is 33. The van der Waals surface area contributed by atoms with Gasteiger partial charge in [-0.25, -0.2) is 33.1 Å². The van der Waals surface area contributed by atoms with Crippen LogP contribution in [0.15, 0.2) is 34.9 Å². The number of ether oxygens (including phenoxy) is 4. The first-order chi connectivity index (χ1) is 36.2. The monoisotopic (exact) mass is 1190 g/mol. The van der Waals surface area contributed by atoms with Crippen LogP contribution in [-0.2, 0) is 71.0 Å². The Labute approximate surface area is 433 Å². The molecule has 77 heavy (non-hydrogen) atoms. The Morgan fingerprint density at radius 3 is 2.01 bits per heavy atom. The molecule has 3 saturated heterocycles. The number of fused-ring (bicyclic) bond motifs is 3. The molecule has 422 valence electrons. The molecule has 0 aliphatic carbocycles. The molecule has 6 aromatic heterocycles. The van der Waals surface area contributed by atoms with Crippen LogP contribution in [0, 0.1) is 0 Å². The number of phosphoric acid groups is 4. The number of aromatic amines is 2. The van der Waals surface area contributed by atoms with Gasteiger partial charge in [-0.05, 0) is 6.26 Å². The molecule has 9 heterocycles. The Hall–Kier alpha value is -4.76. The number of nitrogens with one attached hydrogen (secondary N) is 3. The number of nitrogens with two attached hydrogens (primary N) is 2. The van der Waals surface area contributed by atoms with Gasteiger partial charge in [0.1, 0.15) is 60.7 Å². The molecule has 0 amide bonds. The summed E-state index contributed by atoms with van der Waals surface area (Å²) in [4.78, 5) is 106. The van der Waals surface area contributed by atoms with Crippen LogP contribution >= 0.6 is 43.1 Å². The zero-order valence-electron chi connectivity index (χ0n) is 39.7. The minimum Gasteiger partial charge on any atom is -0.756 e. The quantitative estimate of drug-likeness (QED) is 0.0246. The number of nitrogens with zero attached hydrogens (tertiary/aromatic N) is 10. The van der Waals surface area contributed by atoms with Crippen LogP contribution in [-0.4, -0.2) is 163 Å². The number of thioether (sulfide) groups is 1. The number of H-pyrrole nitrogens is 2. The standard InChI is InChI=1S/C34H47N15O23P4S/c1-37-24-15-25(39-8-38-24)47(9-40-15)32-22(63-3)21(70-73(55,56)64-5-12-18(50)19(51)30(67-12)48-10-41-16-26(48)42-33(35)44-28(16)53)13(68-32)6-65-74(57,58)71-76(61,62)72-75(59,60)66-7-14-23(77-4)20(52)31(69-14)49-11-46(2)17-27(49)43-34(36)45-29(17)54/h8-14,18-23,30-32,50-52H,5-7H2,1-4H3,(H10-,35,36,37,38,39,42,43,44,45,53,54,55,56,57,58,59,60,61,62)/p-3/t12-,13-,14-,18?,19+,20?,21?,22+,23+,30-,31-,32-/m1/s1. The van der Waals surface area contributed by atoms with Crippen LogP contribution in [0.2, 0.25) is 0 Å². The van der Waals surface area contributed by atoms with E-state index in [1.807, 2.05) is 0 Å². The van der Waals surface area contributed by atoms with E-state index < -0.39 is 135 Å². The number of rotatable bonds is 21. The topological polar surface area (TPSA) is 539 Å². The Bertz CT molecular complexity index is 3510. The summed E-state index contributed by atoms with van der Waals surface area (Å²) < 4.78 is 108. The molecule has 3 fully saturated rings. The summed E-state index contributed by atoms with van der Waals surface area (Å²) in [6.07, 6.45) is -11.6. The minimum absolute atomic E-state index is 0.0202. The molecule has 6 aromatic rings. The van der Waals surface area contributed by atoms with E-state index in [1.54, 1.807) is 0 Å². The van der Waals surface area contributed by atoms with Gasteiger partial charge >= 0.3 is 5.65 Å². The van der Waals surface area contributed by atoms with Crippen molar-refractivity contribution < 1.29 is 103 Å². The van der Waals surface area contributed by atoms with Crippen molar-refractivity contribution in [2.24, 2.45) is 7.05 Å². The third-order valence-corrected chi connectivity index (χ3v) is 18.2. The molecular weight excluding hydrogens is 1140 g/mol. The van der Waals surface area contributed by atoms with Gasteiger partial charge in [-0.15, -0.1) is 0 Å². The summed E-state index contributed by atoms with van der Waals surface area (Å²) in [7, 11) is -20.5. The number of hydrogen-bond donors (Lipinski definition) is 8. The molecule has 38 nitrogen and oxygen atoms in total. The number of methoxy groups -OCH3 is 1. The second-order valence-corrected chi connectivity index (χ2v) is 23.7. The highest BCUT2D eigenvalue weighted by Crippen LogP contribution is 2.63. The number of nitrogen functional groups attached to an aromatic ring is 2. The number of aliphatic hydroxyl groups is 3. The number of aryl methyl sites for hydroxylation is 1. The van der Waals surface area contributed by atoms with Crippen molar-refractivity contribution >= 4 is 94.3 Å². The molecule has 9 rings (SSSR count). The fraction of sp³-hybridized carbons (Fsp3) is 0.559. The Morgan fingerprint density at radius 1 is 0.753 bits per heavy atom. The zero-order valence-corrected chi connectivity index (χ0v) is 44.1. The lowest BCUT2D eigenvalue weighted by molar-refractivity contribution is -0.745. The molecule has 0 aromatic carbocycles. The predicted octanol–water partition coefficient (Wildman–Crippen LogP) is -5.41. The Kier molecular flexibility index (Phi) is 16.1. The normalized spacial score (nSPS) is 30.0. The number of aromatic nitrogens is 12. The highest BCUT2D eigenvalue weighted by Gasteiger charge is 2.51. The third-order valence-electron chi connectivity index (χ3n) is 12.0. The van der Waals surface area contributed by atoms with Crippen molar-refractivity contribution in [1.29, 1.82) is 0 Å². The first kappa shape index (κ1) is 56.9. The van der Waals surface area contributed by atoms with Crippen LogP contribution in [0.25, 0.3) is 33.5 Å². The molecule has 7 unspecified atom stereocenters. The van der Waals surface area contributed by atoms with Gasteiger partial charge in [-0.1, -0.05) is 4.98 Å². The van der Waals surface area contributed by atoms with Gasteiger partial charge in [0.15, 0.2) is 41.4 Å². The van der Waals surface area contributed by atoms with Crippen LogP contribution in [0.4, 0.5) is 17.7 Å². The van der Waals surface area contributed by atoms with E-state index in [1.165, 1.54) is 46.7 Å². The summed E-state index contributed by atoms with van der Waals surface area (Å²) in [5.41, 5.74) is 9.87. The molecule has 3 aliphatic heterocycles. The number of anilines is 3. The second-order valence-electron chi connectivity index (χ2n) is 16.8. The van der Waals surface area contributed by atoms with Crippen molar-refractivity contribution in [3.8, 4) is 0 Å². The van der Waals surface area contributed by atoms with Gasteiger partial charge in [0.25, 0.3) is 48.4 Å². The predicted molar refractivity (Wildman–Crippen MR) is 247 cm³/mol. The van der Waals surface area contributed by atoms with Gasteiger partial charge in [0.2, 0.25) is 17.7 Å². The van der Waals surface area contributed by atoms with Crippen molar-refractivity contribution in [2.45, 2.75) is 72.8 Å². The molecular formula is C34H44N15O23P4S-3. The van der Waals surface area contributed by atoms with E-state index in [9.17, 15) is 62.7 Å². The minimum atomic E-state index is -6.54. The lowest BCUT2D eigenvalue weighted by atomic mass is 10.1. The van der Waals surface area contributed by atoms with Gasteiger partial charge < -0.3 is 88.7 Å². The van der Waals surface area contributed by atoms with E-state index in [2.05, 4.69) is 53.8 Å². The molecule has 3 aliphatic rings. The smallest absolute Gasteiger partial charge is 0.313 e. The molecule has 16 atom stereocenters. The van der Waals surface area contributed by atoms with E-state index >= 15 is 0 Å². The van der Waals surface area contributed by atoms with Crippen LogP contribution in [0.5, 0.6) is 0 Å². The lowest BCUT2D eigenvalue weighted by Crippen LogP contribution is -2.45. The van der Waals surface area contributed by atoms with Gasteiger partial charge in [0, 0.05) is 14.2 Å². The van der Waals surface area contributed by atoms with E-state index in [0.717, 1.165) is 36.1 Å². The first-order valence-electron chi connectivity index (χ1n) is 21.9. The average Bonchev–Trinajstić information content (AvgIpc) is 4.21. The van der Waals surface area contributed by atoms with E-state index in [-0.39, 0.29) is 51.2 Å². The molecule has 0 radical (unpaired) electrons. The largest absolute Gasteiger partial charge is 0.756 e. The van der Waals surface area contributed by atoms with Gasteiger partial charge in [-0.3, -0.25) is 51.5 Å². The van der Waals surface area contributed by atoms with Crippen molar-refractivity contribution in [2.75, 3.05) is 57.0 Å². The molecule has 0 bridgehead atoms. The molecule has 43 heteroatoms. The Morgan fingerprint density at radius 2 is 1.35 bits per heavy atom. The number of aliphatic hydroxyl groups excluding tert-OH is 3. The highest BCUT2D eigenvalue weighted by atomic mass is 32.2. The van der Waals surface area contributed by atoms with Crippen molar-refractivity contribution in [3.63, 3.8) is 0 Å². The van der Waals surface area contributed by atoms with Crippen LogP contribution < -0.4 is 52.0 Å². The van der Waals surface area contributed by atoms with E-state index in [0.29, 0.717) is 0 Å². The molecule has 0 spiro atoms. The van der Waals surface area contributed by atoms with Crippen molar-refractivity contribution in [3.05, 3.63) is 46.0 Å². The fourth-order valence-electron chi connectivity index (χ4n) is 8.70. The van der Waals surface area contributed by atoms with Gasteiger partial charge in [0.05, 0.1) is 44.8 Å². The number of phosphoric ester groups is 3. The molecule has 10 N–H and O–H groups in total. The summed E-state index contributed by atoms with van der Waals surface area (Å²) in [6, 6.07) is 0. The second kappa shape index (κ2) is 21.7. The number of imidazole rings is 3. The summed E-state index contributed by atoms with van der Waals surface area (Å²) in [5.74, 6) is -0.361. The third kappa shape index (κ3) is 11.5. The van der Waals surface area contributed by atoms with Crippen LogP contribution in [0.1, 0.15) is 18.7 Å². The van der Waals surface area contributed by atoms with Crippen molar-refractivity contribution in [1.82, 2.24) is 53.6 Å². The first-order valence-corrected chi connectivity index (χ1v) is 29.1. The summed E-state index contributed by atoms with van der Waals surface area (Å²) in [6.45, 7) is -3.43. The zero-order chi connectivity index (χ0) is 55.7. The van der Waals surface area contributed by atoms with Crippen LogP contribution in [0.3, 0.4) is 0 Å². The summed E-state index contributed by atoms with van der Waals surface area (Å²) in [5, 5.41) is 34.7. The lowest BCUT2D eigenvalue weighted by Gasteiger charge is -2.35. The highest BCUT2D eigenvalue weighted by molar-refractivity contribution is 7.99. The maximum atomic E-state index is 13.6. The maximum absolute atomic E-state index is 13.6. The molecule has 0 saturated carbocycles. The van der Waals surface area contributed by atoms with E-state index in [4.69, 9.17) is 48.5 Å². The van der Waals surface area contributed by atoms with Gasteiger partial charge in [-0.2, -0.15) is 16.7 Å². The Balaban J connectivity index is 0.872. The maximum Gasteiger partial charge on any atom is 0.313 e. The summed E-state index contributed by atoms with van der Waals surface area (Å²) >= 11 is 0.992. The average molecular weight is 1190 g/mol. The fourth-order valence-corrected chi connectivity index (χ4v) is 13.9.